The number of carbonyl (C=O) groups excluding carboxylic acids is 1. The maximum atomic E-state index is 11.9. The number of nitrogens with zero attached hydrogens (tertiary/aromatic N) is 1. The summed E-state index contributed by atoms with van der Waals surface area (Å²) in [5, 5.41) is 3.02. The van der Waals surface area contributed by atoms with Crippen molar-refractivity contribution in [3.05, 3.63) is 53.1 Å². The summed E-state index contributed by atoms with van der Waals surface area (Å²) >= 11 is 0. The molecular weight excluding hydrogens is 238 g/mol. The molecular formula is C15H19N3O. The molecule has 0 fully saturated rings. The molecule has 1 aromatic heterocycles. The monoisotopic (exact) mass is 257 g/mol. The number of H-pyrrole nitrogens is 1. The number of aryl methyl sites for hydroxylation is 1. The van der Waals surface area contributed by atoms with Crippen LogP contribution in [-0.4, -0.2) is 15.9 Å². The Morgan fingerprint density at radius 3 is 2.89 bits per heavy atom. The van der Waals surface area contributed by atoms with E-state index in [1.807, 2.05) is 13.0 Å². The maximum absolute atomic E-state index is 11.9. The summed E-state index contributed by atoms with van der Waals surface area (Å²) in [5.74, 6) is -0.00217. The standard InChI is InChI=1S/C15H19N3O/c1-10-5-4-6-14(11(10)2)12(3)18-15(19)7-13-8-16-9-17-13/h4-6,8-9,12H,7H2,1-3H3,(H,16,17)(H,18,19)/t12-/m0/s1. The zero-order chi connectivity index (χ0) is 13.8. The second-order valence-corrected chi connectivity index (χ2v) is 4.83. The molecule has 4 nitrogen and oxygen atoms in total. The SMILES string of the molecule is Cc1cccc([C@H](C)NC(=O)Cc2cnc[nH]2)c1C. The van der Waals surface area contributed by atoms with Crippen molar-refractivity contribution >= 4 is 5.91 Å². The Labute approximate surface area is 113 Å². The van der Waals surface area contributed by atoms with Crippen LogP contribution in [0.25, 0.3) is 0 Å². The van der Waals surface area contributed by atoms with Crippen LogP contribution in [0.2, 0.25) is 0 Å². The molecule has 1 heterocycles. The van der Waals surface area contributed by atoms with Crippen molar-refractivity contribution in [3.8, 4) is 0 Å². The van der Waals surface area contributed by atoms with Crippen molar-refractivity contribution < 1.29 is 4.79 Å². The van der Waals surface area contributed by atoms with Crippen LogP contribution >= 0.6 is 0 Å². The summed E-state index contributed by atoms with van der Waals surface area (Å²) in [4.78, 5) is 18.8. The summed E-state index contributed by atoms with van der Waals surface area (Å²) in [6.07, 6.45) is 3.58. The Hall–Kier alpha value is -2.10. The third-order valence-corrected chi connectivity index (χ3v) is 3.40. The number of amides is 1. The van der Waals surface area contributed by atoms with Gasteiger partial charge in [0.15, 0.2) is 0 Å². The van der Waals surface area contributed by atoms with Crippen LogP contribution in [0.5, 0.6) is 0 Å². The minimum atomic E-state index is -0.00217. The summed E-state index contributed by atoms with van der Waals surface area (Å²) < 4.78 is 0. The average Bonchev–Trinajstić information content (AvgIpc) is 2.85. The molecule has 1 atom stereocenters. The number of hydrogen-bond donors (Lipinski definition) is 2. The minimum absolute atomic E-state index is 0.00217. The molecule has 2 rings (SSSR count). The van der Waals surface area contributed by atoms with Gasteiger partial charge in [-0.25, -0.2) is 4.98 Å². The second kappa shape index (κ2) is 5.69. The van der Waals surface area contributed by atoms with E-state index in [1.54, 1.807) is 12.5 Å². The number of aromatic amines is 1. The van der Waals surface area contributed by atoms with Crippen LogP contribution in [0.4, 0.5) is 0 Å². The van der Waals surface area contributed by atoms with E-state index in [2.05, 4.69) is 41.3 Å². The molecule has 0 radical (unpaired) electrons. The first kappa shape index (κ1) is 13.3. The molecule has 0 saturated carbocycles. The third kappa shape index (κ3) is 3.22. The van der Waals surface area contributed by atoms with Gasteiger partial charge < -0.3 is 10.3 Å². The first-order valence-electron chi connectivity index (χ1n) is 6.40. The number of aromatic nitrogens is 2. The molecule has 0 bridgehead atoms. The smallest absolute Gasteiger partial charge is 0.226 e. The Bertz CT molecular complexity index is 561. The zero-order valence-electron chi connectivity index (χ0n) is 11.5. The Morgan fingerprint density at radius 2 is 2.21 bits per heavy atom. The van der Waals surface area contributed by atoms with Gasteiger partial charge in [0.1, 0.15) is 0 Å². The summed E-state index contributed by atoms with van der Waals surface area (Å²) in [7, 11) is 0. The fourth-order valence-electron chi connectivity index (χ4n) is 2.17. The number of rotatable bonds is 4. The number of carbonyl (C=O) groups is 1. The van der Waals surface area contributed by atoms with Gasteiger partial charge in [-0.2, -0.15) is 0 Å². The van der Waals surface area contributed by atoms with Crippen molar-refractivity contribution in [2.75, 3.05) is 0 Å². The van der Waals surface area contributed by atoms with Crippen LogP contribution in [-0.2, 0) is 11.2 Å². The lowest BCUT2D eigenvalue weighted by Gasteiger charge is -2.17. The fraction of sp³-hybridized carbons (Fsp3) is 0.333. The highest BCUT2D eigenvalue weighted by atomic mass is 16.1. The van der Waals surface area contributed by atoms with E-state index in [0.717, 1.165) is 11.3 Å². The molecule has 0 unspecified atom stereocenters. The van der Waals surface area contributed by atoms with E-state index < -0.39 is 0 Å². The van der Waals surface area contributed by atoms with Crippen molar-refractivity contribution in [3.63, 3.8) is 0 Å². The van der Waals surface area contributed by atoms with Gasteiger partial charge in [0.05, 0.1) is 18.8 Å². The van der Waals surface area contributed by atoms with Gasteiger partial charge in [-0.05, 0) is 37.5 Å². The van der Waals surface area contributed by atoms with Crippen molar-refractivity contribution in [1.29, 1.82) is 0 Å². The van der Waals surface area contributed by atoms with E-state index in [4.69, 9.17) is 0 Å². The second-order valence-electron chi connectivity index (χ2n) is 4.83. The predicted molar refractivity (Wildman–Crippen MR) is 74.8 cm³/mol. The highest BCUT2D eigenvalue weighted by molar-refractivity contribution is 5.78. The molecule has 100 valence electrons. The molecule has 0 aliphatic carbocycles. The van der Waals surface area contributed by atoms with Gasteiger partial charge in [-0.15, -0.1) is 0 Å². The Morgan fingerprint density at radius 1 is 1.42 bits per heavy atom. The molecule has 4 heteroatoms. The lowest BCUT2D eigenvalue weighted by atomic mass is 9.98. The molecule has 0 spiro atoms. The van der Waals surface area contributed by atoms with Crippen LogP contribution in [0.1, 0.15) is 35.3 Å². The first-order valence-corrected chi connectivity index (χ1v) is 6.40. The minimum Gasteiger partial charge on any atom is -0.349 e. The number of nitrogens with one attached hydrogen (secondary N) is 2. The normalized spacial score (nSPS) is 12.2. The molecule has 0 aliphatic heterocycles. The van der Waals surface area contributed by atoms with Crippen LogP contribution < -0.4 is 5.32 Å². The zero-order valence-corrected chi connectivity index (χ0v) is 11.5. The van der Waals surface area contributed by atoms with Crippen LogP contribution in [0, 0.1) is 13.8 Å². The molecule has 19 heavy (non-hydrogen) atoms. The Kier molecular flexibility index (Phi) is 4.00. The van der Waals surface area contributed by atoms with Gasteiger partial charge in [0, 0.05) is 11.9 Å². The number of hydrogen-bond acceptors (Lipinski definition) is 2. The summed E-state index contributed by atoms with van der Waals surface area (Å²) in [5.41, 5.74) is 4.47. The highest BCUT2D eigenvalue weighted by Gasteiger charge is 2.13. The van der Waals surface area contributed by atoms with Gasteiger partial charge in [0.2, 0.25) is 5.91 Å². The van der Waals surface area contributed by atoms with Crippen LogP contribution in [0.3, 0.4) is 0 Å². The first-order chi connectivity index (χ1) is 9.08. The lowest BCUT2D eigenvalue weighted by Crippen LogP contribution is -2.28. The van der Waals surface area contributed by atoms with Gasteiger partial charge in [-0.3, -0.25) is 4.79 Å². The van der Waals surface area contributed by atoms with E-state index in [9.17, 15) is 4.79 Å². The average molecular weight is 257 g/mol. The van der Waals surface area contributed by atoms with Gasteiger partial charge in [-0.1, -0.05) is 18.2 Å². The van der Waals surface area contributed by atoms with Crippen molar-refractivity contribution in [2.24, 2.45) is 0 Å². The summed E-state index contributed by atoms with van der Waals surface area (Å²) in [6.45, 7) is 6.17. The highest BCUT2D eigenvalue weighted by Crippen LogP contribution is 2.20. The van der Waals surface area contributed by atoms with Crippen LogP contribution in [0.15, 0.2) is 30.7 Å². The molecule has 0 aliphatic rings. The maximum Gasteiger partial charge on any atom is 0.226 e. The topological polar surface area (TPSA) is 57.8 Å². The largest absolute Gasteiger partial charge is 0.349 e. The molecule has 1 amide bonds. The molecule has 1 aromatic carbocycles. The van der Waals surface area contributed by atoms with Crippen molar-refractivity contribution in [2.45, 2.75) is 33.2 Å². The number of benzene rings is 1. The van der Waals surface area contributed by atoms with Gasteiger partial charge >= 0.3 is 0 Å². The molecule has 0 saturated heterocycles. The van der Waals surface area contributed by atoms with E-state index in [-0.39, 0.29) is 11.9 Å². The predicted octanol–water partition coefficient (Wildman–Crippen LogP) is 2.45. The lowest BCUT2D eigenvalue weighted by molar-refractivity contribution is -0.121. The quantitative estimate of drug-likeness (QED) is 0.884. The van der Waals surface area contributed by atoms with E-state index >= 15 is 0 Å². The fourth-order valence-corrected chi connectivity index (χ4v) is 2.17. The van der Waals surface area contributed by atoms with Crippen molar-refractivity contribution in [1.82, 2.24) is 15.3 Å². The van der Waals surface area contributed by atoms with E-state index in [0.29, 0.717) is 6.42 Å². The Balaban J connectivity index is 2.02. The molecule has 2 N–H and O–H groups in total. The van der Waals surface area contributed by atoms with Gasteiger partial charge in [0.25, 0.3) is 0 Å². The number of imidazole rings is 1. The van der Waals surface area contributed by atoms with E-state index in [1.165, 1.54) is 11.1 Å². The summed E-state index contributed by atoms with van der Waals surface area (Å²) in [6, 6.07) is 6.17. The third-order valence-electron chi connectivity index (χ3n) is 3.40. The molecule has 2 aromatic rings.